The molecule has 0 aromatic heterocycles. The Kier molecular flexibility index (Phi) is 4.64. The Morgan fingerprint density at radius 1 is 1.50 bits per heavy atom. The first kappa shape index (κ1) is 12.4. The van der Waals surface area contributed by atoms with Crippen LogP contribution in [-0.4, -0.2) is 18.6 Å². The van der Waals surface area contributed by atoms with Crippen LogP contribution in [0, 0.1) is 0 Å². The maximum atomic E-state index is 11.2. The number of anilines is 2. The molecule has 0 spiro atoms. The largest absolute Gasteiger partial charge is 0.466 e. The van der Waals surface area contributed by atoms with Crippen LogP contribution in [0.3, 0.4) is 0 Å². The minimum absolute atomic E-state index is 0.00347. The lowest BCUT2D eigenvalue weighted by Gasteiger charge is -2.15. The lowest BCUT2D eigenvalue weighted by Crippen LogP contribution is -2.21. The number of esters is 1. The SMILES string of the molecule is CCOC(=O)C[C@@H](C)Nc1ccccc1N. The molecule has 0 aliphatic rings. The molecule has 88 valence electrons. The van der Waals surface area contributed by atoms with Gasteiger partial charge in [0, 0.05) is 6.04 Å². The summed E-state index contributed by atoms with van der Waals surface area (Å²) in [5.41, 5.74) is 7.31. The molecule has 0 saturated heterocycles. The van der Waals surface area contributed by atoms with Gasteiger partial charge in [-0.3, -0.25) is 4.79 Å². The van der Waals surface area contributed by atoms with Crippen LogP contribution in [0.2, 0.25) is 0 Å². The first-order valence-electron chi connectivity index (χ1n) is 5.40. The second kappa shape index (κ2) is 6.00. The van der Waals surface area contributed by atoms with Crippen LogP contribution < -0.4 is 11.1 Å². The number of nitrogens with one attached hydrogen (secondary N) is 1. The average Bonchev–Trinajstić information content (AvgIpc) is 2.21. The summed E-state index contributed by atoms with van der Waals surface area (Å²) in [4.78, 5) is 11.2. The molecule has 1 atom stereocenters. The maximum Gasteiger partial charge on any atom is 0.307 e. The van der Waals surface area contributed by atoms with Crippen molar-refractivity contribution in [1.29, 1.82) is 0 Å². The number of nitrogens with two attached hydrogens (primary N) is 1. The second-order valence-corrected chi connectivity index (χ2v) is 3.64. The van der Waals surface area contributed by atoms with Crippen molar-refractivity contribution < 1.29 is 9.53 Å². The molecule has 0 bridgehead atoms. The molecule has 16 heavy (non-hydrogen) atoms. The molecule has 0 heterocycles. The van der Waals surface area contributed by atoms with E-state index in [9.17, 15) is 4.79 Å². The topological polar surface area (TPSA) is 64.3 Å². The van der Waals surface area contributed by atoms with Crippen molar-refractivity contribution in [1.82, 2.24) is 0 Å². The third-order valence-corrected chi connectivity index (χ3v) is 2.14. The van der Waals surface area contributed by atoms with Gasteiger partial charge in [-0.2, -0.15) is 0 Å². The summed E-state index contributed by atoms with van der Waals surface area (Å²) in [7, 11) is 0. The van der Waals surface area contributed by atoms with Crippen LogP contribution in [0.15, 0.2) is 24.3 Å². The summed E-state index contributed by atoms with van der Waals surface area (Å²) in [5.74, 6) is -0.197. The summed E-state index contributed by atoms with van der Waals surface area (Å²) >= 11 is 0. The van der Waals surface area contributed by atoms with Gasteiger partial charge in [-0.25, -0.2) is 0 Å². The Morgan fingerprint density at radius 2 is 2.19 bits per heavy atom. The van der Waals surface area contributed by atoms with E-state index >= 15 is 0 Å². The van der Waals surface area contributed by atoms with Crippen molar-refractivity contribution in [3.05, 3.63) is 24.3 Å². The van der Waals surface area contributed by atoms with Crippen molar-refractivity contribution in [2.45, 2.75) is 26.3 Å². The van der Waals surface area contributed by atoms with Gasteiger partial charge in [-0.1, -0.05) is 12.1 Å². The number of ether oxygens (including phenoxy) is 1. The highest BCUT2D eigenvalue weighted by Gasteiger charge is 2.10. The van der Waals surface area contributed by atoms with E-state index in [0.29, 0.717) is 18.7 Å². The Bertz CT molecular complexity index is 353. The van der Waals surface area contributed by atoms with Crippen molar-refractivity contribution in [3.63, 3.8) is 0 Å². The quantitative estimate of drug-likeness (QED) is 0.591. The molecule has 1 rings (SSSR count). The van der Waals surface area contributed by atoms with Crippen LogP contribution in [0.25, 0.3) is 0 Å². The zero-order valence-corrected chi connectivity index (χ0v) is 9.69. The fourth-order valence-corrected chi connectivity index (χ4v) is 1.41. The van der Waals surface area contributed by atoms with Crippen LogP contribution in [0.4, 0.5) is 11.4 Å². The Labute approximate surface area is 95.8 Å². The number of rotatable bonds is 5. The van der Waals surface area contributed by atoms with Crippen molar-refractivity contribution in [2.24, 2.45) is 0 Å². The summed E-state index contributed by atoms with van der Waals surface area (Å²) in [6.45, 7) is 4.13. The van der Waals surface area contributed by atoms with E-state index in [-0.39, 0.29) is 12.0 Å². The van der Waals surface area contributed by atoms with Crippen molar-refractivity contribution in [2.75, 3.05) is 17.7 Å². The Hall–Kier alpha value is -1.71. The standard InChI is InChI=1S/C12H18N2O2/c1-3-16-12(15)8-9(2)14-11-7-5-4-6-10(11)13/h4-7,9,14H,3,8,13H2,1-2H3/t9-/m1/s1. The van der Waals surface area contributed by atoms with Gasteiger partial charge in [-0.15, -0.1) is 0 Å². The molecule has 0 radical (unpaired) electrons. The number of para-hydroxylation sites is 2. The van der Waals surface area contributed by atoms with Crippen LogP contribution in [0.5, 0.6) is 0 Å². The number of benzene rings is 1. The molecule has 0 fully saturated rings. The zero-order chi connectivity index (χ0) is 12.0. The molecule has 0 unspecified atom stereocenters. The van der Waals surface area contributed by atoms with Crippen LogP contribution >= 0.6 is 0 Å². The van der Waals surface area contributed by atoms with E-state index in [1.54, 1.807) is 6.92 Å². The predicted molar refractivity (Wildman–Crippen MR) is 65.2 cm³/mol. The molecule has 0 amide bonds. The Morgan fingerprint density at radius 3 is 2.81 bits per heavy atom. The summed E-state index contributed by atoms with van der Waals surface area (Å²) < 4.78 is 4.87. The molecular formula is C12H18N2O2. The highest BCUT2D eigenvalue weighted by Crippen LogP contribution is 2.18. The van der Waals surface area contributed by atoms with Gasteiger partial charge in [-0.05, 0) is 26.0 Å². The van der Waals surface area contributed by atoms with Gasteiger partial charge in [0.25, 0.3) is 0 Å². The van der Waals surface area contributed by atoms with Crippen LogP contribution in [-0.2, 0) is 9.53 Å². The van der Waals surface area contributed by atoms with Crippen molar-refractivity contribution >= 4 is 17.3 Å². The van der Waals surface area contributed by atoms with Crippen molar-refractivity contribution in [3.8, 4) is 0 Å². The summed E-state index contributed by atoms with van der Waals surface area (Å²) in [5, 5.41) is 3.17. The molecule has 4 nitrogen and oxygen atoms in total. The number of nitrogen functional groups attached to an aromatic ring is 1. The molecule has 1 aromatic rings. The lowest BCUT2D eigenvalue weighted by molar-refractivity contribution is -0.143. The van der Waals surface area contributed by atoms with Gasteiger partial charge in [0.2, 0.25) is 0 Å². The normalized spacial score (nSPS) is 11.9. The minimum atomic E-state index is -0.197. The smallest absolute Gasteiger partial charge is 0.307 e. The molecule has 4 heteroatoms. The van der Waals surface area contributed by atoms with E-state index < -0.39 is 0 Å². The monoisotopic (exact) mass is 222 g/mol. The lowest BCUT2D eigenvalue weighted by atomic mass is 10.2. The molecule has 3 N–H and O–H groups in total. The van der Waals surface area contributed by atoms with E-state index in [4.69, 9.17) is 10.5 Å². The molecule has 0 saturated carbocycles. The van der Waals surface area contributed by atoms with Gasteiger partial charge in [0.15, 0.2) is 0 Å². The number of hydrogen-bond donors (Lipinski definition) is 2. The summed E-state index contributed by atoms with van der Waals surface area (Å²) in [6, 6.07) is 7.48. The molecule has 1 aromatic carbocycles. The van der Waals surface area contributed by atoms with Crippen LogP contribution in [0.1, 0.15) is 20.3 Å². The van der Waals surface area contributed by atoms with E-state index in [2.05, 4.69) is 5.32 Å². The molecular weight excluding hydrogens is 204 g/mol. The fraction of sp³-hybridized carbons (Fsp3) is 0.417. The number of hydrogen-bond acceptors (Lipinski definition) is 4. The number of carbonyl (C=O) groups is 1. The first-order chi connectivity index (χ1) is 7.63. The molecule has 0 aliphatic carbocycles. The number of carbonyl (C=O) groups excluding carboxylic acids is 1. The summed E-state index contributed by atoms with van der Waals surface area (Å²) in [6.07, 6.45) is 0.335. The predicted octanol–water partition coefficient (Wildman–Crippen LogP) is 2.02. The highest BCUT2D eigenvalue weighted by molar-refractivity contribution is 5.72. The zero-order valence-electron chi connectivity index (χ0n) is 9.69. The maximum absolute atomic E-state index is 11.2. The first-order valence-corrected chi connectivity index (χ1v) is 5.40. The van der Waals surface area contributed by atoms with E-state index in [1.165, 1.54) is 0 Å². The van der Waals surface area contributed by atoms with Gasteiger partial charge >= 0.3 is 5.97 Å². The molecule has 0 aliphatic heterocycles. The van der Waals surface area contributed by atoms with Gasteiger partial charge in [0.05, 0.1) is 24.4 Å². The second-order valence-electron chi connectivity index (χ2n) is 3.64. The van der Waals surface area contributed by atoms with E-state index in [0.717, 1.165) is 5.69 Å². The third-order valence-electron chi connectivity index (χ3n) is 2.14. The Balaban J connectivity index is 2.48. The average molecular weight is 222 g/mol. The highest BCUT2D eigenvalue weighted by atomic mass is 16.5. The van der Waals surface area contributed by atoms with E-state index in [1.807, 2.05) is 31.2 Å². The van der Waals surface area contributed by atoms with Gasteiger partial charge in [0.1, 0.15) is 0 Å². The van der Waals surface area contributed by atoms with Gasteiger partial charge < -0.3 is 15.8 Å². The fourth-order valence-electron chi connectivity index (χ4n) is 1.41. The minimum Gasteiger partial charge on any atom is -0.466 e. The third kappa shape index (κ3) is 3.81.